The Labute approximate surface area is 378 Å². The number of rotatable bonds is 47. The number of unbranched alkanes of at least 4 members (excludes halogenated alkanes) is 30. The molecule has 0 aliphatic carbocycles. The summed E-state index contributed by atoms with van der Waals surface area (Å²) in [5.41, 5.74) is 0. The molecule has 0 fully saturated rings. The van der Waals surface area contributed by atoms with Gasteiger partial charge in [-0.25, -0.2) is 0 Å². The number of ether oxygens (including phenoxy) is 3. The van der Waals surface area contributed by atoms with Crippen molar-refractivity contribution < 1.29 is 28.6 Å². The molecule has 0 aliphatic rings. The maximum absolute atomic E-state index is 12.8. The Kier molecular flexibility index (Phi) is 47.9. The summed E-state index contributed by atoms with van der Waals surface area (Å²) in [6.07, 6.45) is 59.5. The van der Waals surface area contributed by atoms with Gasteiger partial charge in [0.1, 0.15) is 13.2 Å². The van der Waals surface area contributed by atoms with Gasteiger partial charge in [0, 0.05) is 19.3 Å². The van der Waals surface area contributed by atoms with Crippen LogP contribution >= 0.6 is 0 Å². The molecule has 0 radical (unpaired) electrons. The van der Waals surface area contributed by atoms with Gasteiger partial charge in [-0.1, -0.05) is 230 Å². The zero-order valence-corrected chi connectivity index (χ0v) is 40.4. The summed E-state index contributed by atoms with van der Waals surface area (Å²) < 4.78 is 16.8. The third-order valence-electron chi connectivity index (χ3n) is 11.4. The van der Waals surface area contributed by atoms with Crippen LogP contribution in [-0.2, 0) is 28.6 Å². The fraction of sp³-hybridized carbons (Fsp3) is 0.800. The molecule has 6 heteroatoms. The van der Waals surface area contributed by atoms with E-state index in [0.717, 1.165) is 89.9 Å². The summed E-state index contributed by atoms with van der Waals surface area (Å²) in [6, 6.07) is 0. The SMILES string of the molecule is CC\C=C/C=C\C=C/CCCCCCCC(=O)OC(COC(=O)CCCCCCC/C=C\CCCCC)COC(=O)CCCCCCCCCCCCCCCCCCCC. The van der Waals surface area contributed by atoms with Crippen molar-refractivity contribution in [1.82, 2.24) is 0 Å². The summed E-state index contributed by atoms with van der Waals surface area (Å²) >= 11 is 0. The van der Waals surface area contributed by atoms with Gasteiger partial charge in [-0.15, -0.1) is 0 Å². The van der Waals surface area contributed by atoms with Crippen molar-refractivity contribution in [3.63, 3.8) is 0 Å². The molecule has 61 heavy (non-hydrogen) atoms. The van der Waals surface area contributed by atoms with Crippen LogP contribution in [0.15, 0.2) is 48.6 Å². The minimum atomic E-state index is -0.783. The van der Waals surface area contributed by atoms with E-state index in [-0.39, 0.29) is 31.1 Å². The van der Waals surface area contributed by atoms with E-state index in [1.807, 2.05) is 0 Å². The molecule has 0 heterocycles. The highest BCUT2D eigenvalue weighted by Gasteiger charge is 2.19. The van der Waals surface area contributed by atoms with Crippen LogP contribution in [0.4, 0.5) is 0 Å². The van der Waals surface area contributed by atoms with E-state index in [1.54, 1.807) is 0 Å². The Hall–Kier alpha value is -2.63. The molecule has 0 bridgehead atoms. The zero-order valence-electron chi connectivity index (χ0n) is 40.4. The molecule has 1 unspecified atom stereocenters. The molecular weight excluding hydrogens is 757 g/mol. The number of hydrogen-bond donors (Lipinski definition) is 0. The fourth-order valence-electron chi connectivity index (χ4n) is 7.44. The van der Waals surface area contributed by atoms with E-state index in [4.69, 9.17) is 14.2 Å². The quantitative estimate of drug-likeness (QED) is 0.0199. The molecule has 0 aromatic carbocycles. The van der Waals surface area contributed by atoms with Crippen LogP contribution in [0.3, 0.4) is 0 Å². The summed E-state index contributed by atoms with van der Waals surface area (Å²) in [6.45, 7) is 6.48. The number of carbonyl (C=O) groups excluding carboxylic acids is 3. The van der Waals surface area contributed by atoms with Gasteiger partial charge < -0.3 is 14.2 Å². The molecule has 0 spiro atoms. The second-order valence-corrected chi connectivity index (χ2v) is 17.5. The number of hydrogen-bond acceptors (Lipinski definition) is 6. The topological polar surface area (TPSA) is 78.9 Å². The lowest BCUT2D eigenvalue weighted by Crippen LogP contribution is -2.30. The van der Waals surface area contributed by atoms with Gasteiger partial charge in [-0.3, -0.25) is 14.4 Å². The normalized spacial score (nSPS) is 12.4. The first-order valence-electron chi connectivity index (χ1n) is 26.2. The van der Waals surface area contributed by atoms with Crippen molar-refractivity contribution >= 4 is 17.9 Å². The lowest BCUT2D eigenvalue weighted by atomic mass is 10.0. The van der Waals surface area contributed by atoms with Crippen LogP contribution < -0.4 is 0 Å². The van der Waals surface area contributed by atoms with Crippen molar-refractivity contribution in [1.29, 1.82) is 0 Å². The molecule has 0 rings (SSSR count). The molecule has 0 aliphatic heterocycles. The Morgan fingerprint density at radius 3 is 1.07 bits per heavy atom. The van der Waals surface area contributed by atoms with Crippen LogP contribution in [0.2, 0.25) is 0 Å². The van der Waals surface area contributed by atoms with Crippen molar-refractivity contribution in [3.05, 3.63) is 48.6 Å². The lowest BCUT2D eigenvalue weighted by molar-refractivity contribution is -0.167. The Bertz CT molecular complexity index is 1070. The van der Waals surface area contributed by atoms with Gasteiger partial charge in [-0.05, 0) is 64.2 Å². The Morgan fingerprint density at radius 1 is 0.344 bits per heavy atom. The summed E-state index contributed by atoms with van der Waals surface area (Å²) in [5, 5.41) is 0. The molecule has 1 atom stereocenters. The van der Waals surface area contributed by atoms with Crippen LogP contribution in [0.1, 0.15) is 265 Å². The predicted molar refractivity (Wildman–Crippen MR) is 261 cm³/mol. The molecule has 354 valence electrons. The Balaban J connectivity index is 4.34. The smallest absolute Gasteiger partial charge is 0.306 e. The van der Waals surface area contributed by atoms with Crippen LogP contribution in [0.25, 0.3) is 0 Å². The van der Waals surface area contributed by atoms with Crippen molar-refractivity contribution in [2.24, 2.45) is 0 Å². The first-order valence-corrected chi connectivity index (χ1v) is 26.2. The number of allylic oxidation sites excluding steroid dienone is 8. The monoisotopic (exact) mass is 855 g/mol. The Morgan fingerprint density at radius 2 is 0.656 bits per heavy atom. The number of esters is 3. The van der Waals surface area contributed by atoms with Gasteiger partial charge in [0.2, 0.25) is 0 Å². The standard InChI is InChI=1S/C55H98O6/c1-4-7-10-13-16-19-22-25-26-27-28-29-31-33-36-39-42-45-48-54(57)60-51-52(50-59-53(56)47-44-41-38-35-32-24-21-18-15-12-9-6-3)61-55(58)49-46-43-40-37-34-30-23-20-17-14-11-8-5-2/h8,11,14,17-18,20-21,23,52H,4-7,9-10,12-13,15-16,19,22,24-51H2,1-3H3/b11-8-,17-14-,21-18-,23-20-. The minimum absolute atomic E-state index is 0.0818. The van der Waals surface area contributed by atoms with E-state index >= 15 is 0 Å². The number of carbonyl (C=O) groups is 3. The largest absolute Gasteiger partial charge is 0.462 e. The van der Waals surface area contributed by atoms with Crippen LogP contribution in [0.5, 0.6) is 0 Å². The molecule has 0 aromatic rings. The average Bonchev–Trinajstić information content (AvgIpc) is 3.26. The van der Waals surface area contributed by atoms with Crippen molar-refractivity contribution in [2.75, 3.05) is 13.2 Å². The van der Waals surface area contributed by atoms with Gasteiger partial charge in [0.05, 0.1) is 0 Å². The molecule has 0 aromatic heterocycles. The van der Waals surface area contributed by atoms with E-state index in [1.165, 1.54) is 135 Å². The zero-order chi connectivity index (χ0) is 44.4. The molecule has 0 amide bonds. The molecular formula is C55H98O6. The first kappa shape index (κ1) is 58.4. The predicted octanol–water partition coefficient (Wildman–Crippen LogP) is 17.1. The van der Waals surface area contributed by atoms with Gasteiger partial charge in [0.25, 0.3) is 0 Å². The molecule has 0 N–H and O–H groups in total. The fourth-order valence-corrected chi connectivity index (χ4v) is 7.44. The van der Waals surface area contributed by atoms with E-state index in [0.29, 0.717) is 19.3 Å². The summed E-state index contributed by atoms with van der Waals surface area (Å²) in [7, 11) is 0. The first-order chi connectivity index (χ1) is 30.0. The second kappa shape index (κ2) is 50.0. The van der Waals surface area contributed by atoms with E-state index in [9.17, 15) is 14.4 Å². The maximum Gasteiger partial charge on any atom is 0.306 e. The minimum Gasteiger partial charge on any atom is -0.462 e. The van der Waals surface area contributed by atoms with Crippen LogP contribution in [-0.4, -0.2) is 37.2 Å². The van der Waals surface area contributed by atoms with Crippen molar-refractivity contribution in [2.45, 2.75) is 271 Å². The van der Waals surface area contributed by atoms with E-state index < -0.39 is 6.10 Å². The lowest BCUT2D eigenvalue weighted by Gasteiger charge is -2.18. The summed E-state index contributed by atoms with van der Waals surface area (Å²) in [5.74, 6) is -0.904. The highest BCUT2D eigenvalue weighted by Crippen LogP contribution is 2.16. The van der Waals surface area contributed by atoms with Crippen LogP contribution in [0, 0.1) is 0 Å². The van der Waals surface area contributed by atoms with E-state index in [2.05, 4.69) is 69.4 Å². The van der Waals surface area contributed by atoms with Gasteiger partial charge in [0.15, 0.2) is 6.10 Å². The second-order valence-electron chi connectivity index (χ2n) is 17.5. The molecule has 0 saturated carbocycles. The summed E-state index contributed by atoms with van der Waals surface area (Å²) in [4.78, 5) is 37.9. The average molecular weight is 855 g/mol. The van der Waals surface area contributed by atoms with Crippen molar-refractivity contribution in [3.8, 4) is 0 Å². The molecule has 0 saturated heterocycles. The third-order valence-corrected chi connectivity index (χ3v) is 11.4. The molecule has 6 nitrogen and oxygen atoms in total. The van der Waals surface area contributed by atoms with Gasteiger partial charge in [-0.2, -0.15) is 0 Å². The highest BCUT2D eigenvalue weighted by atomic mass is 16.6. The third kappa shape index (κ3) is 48.3. The highest BCUT2D eigenvalue weighted by molar-refractivity contribution is 5.71. The maximum atomic E-state index is 12.8. The van der Waals surface area contributed by atoms with Gasteiger partial charge >= 0.3 is 17.9 Å².